The lowest BCUT2D eigenvalue weighted by molar-refractivity contribution is -0.166. The van der Waals surface area contributed by atoms with Crippen LogP contribution in [0.25, 0.3) is 10.9 Å². The summed E-state index contributed by atoms with van der Waals surface area (Å²) < 4.78 is 10.1. The molecule has 0 radical (unpaired) electrons. The van der Waals surface area contributed by atoms with Gasteiger partial charge in [0.05, 0.1) is 5.56 Å². The Morgan fingerprint density at radius 3 is 2.46 bits per heavy atom. The highest BCUT2D eigenvalue weighted by Crippen LogP contribution is 2.23. The molecule has 0 fully saturated rings. The van der Waals surface area contributed by atoms with Gasteiger partial charge in [0.15, 0.2) is 5.78 Å². The maximum atomic E-state index is 12.2. The fourth-order valence-corrected chi connectivity index (χ4v) is 2.33. The topological polar surface area (TPSA) is 85.5 Å². The molecule has 1 unspecified atom stereocenters. The van der Waals surface area contributed by atoms with Crippen molar-refractivity contribution in [1.29, 1.82) is 0 Å². The predicted octanol–water partition coefficient (Wildman–Crippen LogP) is 3.46. The third-order valence-corrected chi connectivity index (χ3v) is 3.58. The van der Waals surface area contributed by atoms with Gasteiger partial charge in [0.25, 0.3) is 0 Å². The summed E-state index contributed by atoms with van der Waals surface area (Å²) in [5.74, 6) is -1.16. The monoisotopic (exact) mass is 331 g/mol. The Morgan fingerprint density at radius 2 is 1.88 bits per heavy atom. The average Bonchev–Trinajstić information content (AvgIpc) is 2.95. The molecule has 0 bridgehead atoms. The van der Waals surface area contributed by atoms with Crippen LogP contribution in [0.4, 0.5) is 0 Å². The Hall–Kier alpha value is -2.63. The molecule has 0 aliphatic rings. The first-order valence-electron chi connectivity index (χ1n) is 7.87. The van der Waals surface area contributed by atoms with Crippen LogP contribution in [0, 0.1) is 5.92 Å². The first-order valence-corrected chi connectivity index (χ1v) is 7.87. The number of hydrogen-bond acceptors (Lipinski definition) is 5. The lowest BCUT2D eigenvalue weighted by Crippen LogP contribution is -2.22. The summed E-state index contributed by atoms with van der Waals surface area (Å²) in [6.07, 6.45) is 1.10. The number of H-pyrrole nitrogens is 1. The standard InChI is InChI=1S/C18H21NO5/c1-5-16(23-11(4)20)24-18(22)12-6-7-13-14(17(21)10(2)3)9-19-15(13)8-12/h6-10,16,19H,5H2,1-4H3. The number of aromatic nitrogens is 1. The van der Waals surface area contributed by atoms with Crippen molar-refractivity contribution in [3.8, 4) is 0 Å². The van der Waals surface area contributed by atoms with E-state index >= 15 is 0 Å². The molecular weight excluding hydrogens is 310 g/mol. The fourth-order valence-electron chi connectivity index (χ4n) is 2.33. The molecule has 1 atom stereocenters. The molecule has 1 aromatic heterocycles. The molecule has 2 rings (SSSR count). The van der Waals surface area contributed by atoms with Crippen LogP contribution in [-0.4, -0.2) is 29.0 Å². The van der Waals surface area contributed by atoms with E-state index in [1.54, 1.807) is 31.3 Å². The molecule has 2 aromatic rings. The van der Waals surface area contributed by atoms with E-state index < -0.39 is 18.2 Å². The van der Waals surface area contributed by atoms with Gasteiger partial charge in [0, 0.05) is 41.9 Å². The maximum absolute atomic E-state index is 12.2. The van der Waals surface area contributed by atoms with E-state index in [-0.39, 0.29) is 11.7 Å². The molecule has 0 saturated heterocycles. The second-order valence-electron chi connectivity index (χ2n) is 5.83. The Bertz CT molecular complexity index is 775. The van der Waals surface area contributed by atoms with Crippen LogP contribution in [0.1, 0.15) is 54.8 Å². The minimum Gasteiger partial charge on any atom is -0.425 e. The van der Waals surface area contributed by atoms with E-state index in [2.05, 4.69) is 4.98 Å². The molecule has 0 amide bonds. The van der Waals surface area contributed by atoms with Gasteiger partial charge in [-0.05, 0) is 12.1 Å². The first-order chi connectivity index (χ1) is 11.3. The zero-order valence-corrected chi connectivity index (χ0v) is 14.2. The summed E-state index contributed by atoms with van der Waals surface area (Å²) in [5.41, 5.74) is 1.60. The van der Waals surface area contributed by atoms with Crippen molar-refractivity contribution in [3.63, 3.8) is 0 Å². The number of benzene rings is 1. The summed E-state index contributed by atoms with van der Waals surface area (Å²) in [5, 5.41) is 0.761. The Morgan fingerprint density at radius 1 is 1.17 bits per heavy atom. The van der Waals surface area contributed by atoms with Gasteiger partial charge in [0.2, 0.25) is 6.29 Å². The molecule has 128 valence electrons. The van der Waals surface area contributed by atoms with Crippen LogP contribution in [-0.2, 0) is 14.3 Å². The second-order valence-corrected chi connectivity index (χ2v) is 5.83. The summed E-state index contributed by atoms with van der Waals surface area (Å²) in [6, 6.07) is 4.93. The molecule has 0 spiro atoms. The minimum atomic E-state index is -0.910. The number of nitrogens with one attached hydrogen (secondary N) is 1. The molecular formula is C18H21NO5. The van der Waals surface area contributed by atoms with E-state index in [0.29, 0.717) is 23.1 Å². The van der Waals surface area contributed by atoms with Gasteiger partial charge in [-0.3, -0.25) is 9.59 Å². The van der Waals surface area contributed by atoms with Crippen molar-refractivity contribution < 1.29 is 23.9 Å². The molecule has 24 heavy (non-hydrogen) atoms. The Labute approximate surface area is 140 Å². The molecule has 0 aliphatic carbocycles. The third-order valence-electron chi connectivity index (χ3n) is 3.58. The minimum absolute atomic E-state index is 0.0393. The summed E-state index contributed by atoms with van der Waals surface area (Å²) in [6.45, 7) is 6.69. The van der Waals surface area contributed by atoms with Crippen LogP contribution >= 0.6 is 0 Å². The Kier molecular flexibility index (Phi) is 5.39. The first kappa shape index (κ1) is 17.7. The van der Waals surface area contributed by atoms with Crippen LogP contribution in [0.3, 0.4) is 0 Å². The molecule has 1 heterocycles. The molecule has 6 heteroatoms. The highest BCUT2D eigenvalue weighted by atomic mass is 16.7. The second kappa shape index (κ2) is 7.29. The van der Waals surface area contributed by atoms with Gasteiger partial charge >= 0.3 is 11.9 Å². The SMILES string of the molecule is CCC(OC(C)=O)OC(=O)c1ccc2c(C(=O)C(C)C)c[nH]c2c1. The van der Waals surface area contributed by atoms with E-state index in [1.165, 1.54) is 6.92 Å². The van der Waals surface area contributed by atoms with Crippen molar-refractivity contribution >= 4 is 28.6 Å². The number of aromatic amines is 1. The van der Waals surface area contributed by atoms with Gasteiger partial charge in [-0.2, -0.15) is 0 Å². The van der Waals surface area contributed by atoms with Gasteiger partial charge in [-0.1, -0.05) is 26.8 Å². The molecule has 6 nitrogen and oxygen atoms in total. The summed E-state index contributed by atoms with van der Waals surface area (Å²) >= 11 is 0. The average molecular weight is 331 g/mol. The van der Waals surface area contributed by atoms with Crippen molar-refractivity contribution in [2.45, 2.75) is 40.4 Å². The Balaban J connectivity index is 2.23. The number of ether oxygens (including phenoxy) is 2. The zero-order valence-electron chi connectivity index (χ0n) is 14.2. The smallest absolute Gasteiger partial charge is 0.341 e. The number of esters is 2. The van der Waals surface area contributed by atoms with Gasteiger partial charge < -0.3 is 14.5 Å². The number of Topliss-reactive ketones (excluding diaryl/α,β-unsaturated/α-hetero) is 1. The van der Waals surface area contributed by atoms with Gasteiger partial charge in [-0.25, -0.2) is 4.79 Å². The van der Waals surface area contributed by atoms with Crippen LogP contribution in [0.15, 0.2) is 24.4 Å². The van der Waals surface area contributed by atoms with Crippen molar-refractivity contribution in [1.82, 2.24) is 4.98 Å². The molecule has 0 saturated carbocycles. The highest BCUT2D eigenvalue weighted by molar-refractivity contribution is 6.09. The third kappa shape index (κ3) is 3.82. The largest absolute Gasteiger partial charge is 0.425 e. The fraction of sp³-hybridized carbons (Fsp3) is 0.389. The number of carbonyl (C=O) groups is 3. The van der Waals surface area contributed by atoms with E-state index in [4.69, 9.17) is 9.47 Å². The quantitative estimate of drug-likeness (QED) is 0.498. The maximum Gasteiger partial charge on any atom is 0.341 e. The summed E-state index contributed by atoms with van der Waals surface area (Å²) in [4.78, 5) is 38.3. The van der Waals surface area contributed by atoms with Crippen molar-refractivity contribution in [2.24, 2.45) is 5.92 Å². The van der Waals surface area contributed by atoms with Gasteiger partial charge in [-0.15, -0.1) is 0 Å². The number of hydrogen-bond donors (Lipinski definition) is 1. The normalized spacial score (nSPS) is 12.2. The van der Waals surface area contributed by atoms with E-state index in [1.807, 2.05) is 13.8 Å². The zero-order chi connectivity index (χ0) is 17.9. The lowest BCUT2D eigenvalue weighted by Gasteiger charge is -2.15. The molecule has 0 aliphatic heterocycles. The summed E-state index contributed by atoms with van der Waals surface area (Å²) in [7, 11) is 0. The number of fused-ring (bicyclic) bond motifs is 1. The predicted molar refractivity (Wildman–Crippen MR) is 88.7 cm³/mol. The highest BCUT2D eigenvalue weighted by Gasteiger charge is 2.19. The lowest BCUT2D eigenvalue weighted by atomic mass is 10.00. The van der Waals surface area contributed by atoms with Crippen LogP contribution < -0.4 is 0 Å². The van der Waals surface area contributed by atoms with Crippen molar-refractivity contribution in [3.05, 3.63) is 35.5 Å². The number of ketones is 1. The van der Waals surface area contributed by atoms with Crippen LogP contribution in [0.5, 0.6) is 0 Å². The molecule has 1 aromatic carbocycles. The van der Waals surface area contributed by atoms with E-state index in [0.717, 1.165) is 5.39 Å². The van der Waals surface area contributed by atoms with Crippen LogP contribution in [0.2, 0.25) is 0 Å². The molecule has 1 N–H and O–H groups in total. The number of carbonyl (C=O) groups excluding carboxylic acids is 3. The van der Waals surface area contributed by atoms with Gasteiger partial charge in [0.1, 0.15) is 0 Å². The number of rotatable bonds is 6. The van der Waals surface area contributed by atoms with Crippen molar-refractivity contribution in [2.75, 3.05) is 0 Å². The van der Waals surface area contributed by atoms with E-state index in [9.17, 15) is 14.4 Å².